The van der Waals surface area contributed by atoms with Gasteiger partial charge in [0.2, 0.25) is 0 Å². The SMILES string of the molecule is Cn1ccc2cc3ccc4c5cc6c(cc(S(C)(=O)=O)n6C)cc5ccc4c3cc21. The zero-order valence-corrected chi connectivity index (χ0v) is 17.8. The first-order valence-corrected chi connectivity index (χ1v) is 11.7. The first-order valence-electron chi connectivity index (χ1n) is 9.85. The third kappa shape index (κ3) is 2.30. The molecule has 2 aromatic heterocycles. The van der Waals surface area contributed by atoms with Crippen molar-refractivity contribution in [2.24, 2.45) is 14.1 Å². The van der Waals surface area contributed by atoms with Crippen molar-refractivity contribution in [3.63, 3.8) is 0 Å². The molecule has 4 nitrogen and oxygen atoms in total. The minimum atomic E-state index is -3.28. The molecule has 30 heavy (non-hydrogen) atoms. The first kappa shape index (κ1) is 17.5. The lowest BCUT2D eigenvalue weighted by molar-refractivity contribution is 0.593. The number of aryl methyl sites for hydroxylation is 2. The van der Waals surface area contributed by atoms with E-state index in [1.54, 1.807) is 10.6 Å². The van der Waals surface area contributed by atoms with Gasteiger partial charge in [0.05, 0.1) is 0 Å². The Hall–Kier alpha value is -3.31. The zero-order valence-electron chi connectivity index (χ0n) is 17.0. The van der Waals surface area contributed by atoms with Gasteiger partial charge in [0.1, 0.15) is 5.03 Å². The molecule has 0 saturated carbocycles. The van der Waals surface area contributed by atoms with Crippen LogP contribution in [-0.4, -0.2) is 23.8 Å². The maximum Gasteiger partial charge on any atom is 0.190 e. The average Bonchev–Trinajstić information content (AvgIpc) is 3.24. The molecule has 0 amide bonds. The molecular weight excluding hydrogens is 392 g/mol. The van der Waals surface area contributed by atoms with Crippen molar-refractivity contribution in [3.05, 3.63) is 66.9 Å². The topological polar surface area (TPSA) is 44.0 Å². The highest BCUT2D eigenvalue weighted by Crippen LogP contribution is 2.36. The molecule has 6 rings (SSSR count). The number of nitrogens with zero attached hydrogens (tertiary/aromatic N) is 2. The highest BCUT2D eigenvalue weighted by molar-refractivity contribution is 7.90. The van der Waals surface area contributed by atoms with E-state index in [0.717, 1.165) is 21.7 Å². The predicted molar refractivity (Wildman–Crippen MR) is 125 cm³/mol. The fourth-order valence-corrected chi connectivity index (χ4v) is 5.74. The summed E-state index contributed by atoms with van der Waals surface area (Å²) in [6.45, 7) is 0. The zero-order chi connectivity index (χ0) is 20.8. The molecule has 0 atom stereocenters. The van der Waals surface area contributed by atoms with Crippen molar-refractivity contribution in [2.75, 3.05) is 6.26 Å². The van der Waals surface area contributed by atoms with Crippen molar-refractivity contribution < 1.29 is 8.42 Å². The Morgan fingerprint density at radius 2 is 1.23 bits per heavy atom. The van der Waals surface area contributed by atoms with Gasteiger partial charge in [0, 0.05) is 48.4 Å². The molecule has 0 bridgehead atoms. The molecule has 0 spiro atoms. The smallest absolute Gasteiger partial charge is 0.190 e. The van der Waals surface area contributed by atoms with Crippen molar-refractivity contribution in [2.45, 2.75) is 5.03 Å². The summed E-state index contributed by atoms with van der Waals surface area (Å²) in [6.07, 6.45) is 3.35. The number of fused-ring (bicyclic) bond motifs is 7. The molecule has 0 aliphatic carbocycles. The molecule has 6 aromatic rings. The summed E-state index contributed by atoms with van der Waals surface area (Å²) in [4.78, 5) is 0. The number of hydrogen-bond acceptors (Lipinski definition) is 2. The maximum absolute atomic E-state index is 12.2. The van der Waals surface area contributed by atoms with Crippen molar-refractivity contribution >= 4 is 64.0 Å². The van der Waals surface area contributed by atoms with Gasteiger partial charge in [-0.05, 0) is 68.7 Å². The Morgan fingerprint density at radius 3 is 1.87 bits per heavy atom. The first-order chi connectivity index (χ1) is 14.3. The van der Waals surface area contributed by atoms with E-state index in [1.165, 1.54) is 38.7 Å². The molecule has 5 heteroatoms. The summed E-state index contributed by atoms with van der Waals surface area (Å²) in [5.74, 6) is 0. The van der Waals surface area contributed by atoms with E-state index in [2.05, 4.69) is 72.4 Å². The second kappa shape index (κ2) is 5.64. The lowest BCUT2D eigenvalue weighted by atomic mass is 9.96. The lowest BCUT2D eigenvalue weighted by Crippen LogP contribution is -2.03. The third-order valence-corrected chi connectivity index (χ3v) is 7.49. The van der Waals surface area contributed by atoms with Crippen molar-refractivity contribution in [1.82, 2.24) is 9.13 Å². The van der Waals surface area contributed by atoms with Crippen LogP contribution in [0.25, 0.3) is 54.1 Å². The Bertz CT molecular complexity index is 1790. The van der Waals surface area contributed by atoms with Gasteiger partial charge in [0.25, 0.3) is 0 Å². The summed E-state index contributed by atoms with van der Waals surface area (Å²) in [5.41, 5.74) is 2.14. The van der Waals surface area contributed by atoms with E-state index in [9.17, 15) is 8.42 Å². The Kier molecular flexibility index (Phi) is 3.30. The van der Waals surface area contributed by atoms with Crippen LogP contribution in [0.15, 0.2) is 71.9 Å². The number of aromatic nitrogens is 2. The van der Waals surface area contributed by atoms with E-state index in [4.69, 9.17) is 0 Å². The highest BCUT2D eigenvalue weighted by atomic mass is 32.2. The normalized spacial score (nSPS) is 12.8. The molecule has 4 aromatic carbocycles. The molecule has 0 N–H and O–H groups in total. The van der Waals surface area contributed by atoms with Crippen LogP contribution in [0.2, 0.25) is 0 Å². The fourth-order valence-electron chi connectivity index (χ4n) is 4.80. The van der Waals surface area contributed by atoms with Crippen LogP contribution in [0, 0.1) is 0 Å². The van der Waals surface area contributed by atoms with Gasteiger partial charge >= 0.3 is 0 Å². The highest BCUT2D eigenvalue weighted by Gasteiger charge is 2.16. The monoisotopic (exact) mass is 412 g/mol. The molecule has 148 valence electrons. The summed E-state index contributed by atoms with van der Waals surface area (Å²) in [5, 5.41) is 9.61. The second-order valence-electron chi connectivity index (χ2n) is 8.23. The van der Waals surface area contributed by atoms with E-state index in [1.807, 2.05) is 7.05 Å². The number of sulfone groups is 1. The third-order valence-electron chi connectivity index (χ3n) is 6.34. The van der Waals surface area contributed by atoms with E-state index in [-0.39, 0.29) is 0 Å². The predicted octanol–water partition coefficient (Wildman–Crippen LogP) is 5.53. The summed E-state index contributed by atoms with van der Waals surface area (Å²) < 4.78 is 28.3. The van der Waals surface area contributed by atoms with Gasteiger partial charge in [-0.25, -0.2) is 8.42 Å². The largest absolute Gasteiger partial charge is 0.351 e. The van der Waals surface area contributed by atoms with E-state index < -0.39 is 9.84 Å². The molecule has 0 unspecified atom stereocenters. The molecule has 0 aliphatic heterocycles. The molecule has 0 radical (unpaired) electrons. The van der Waals surface area contributed by atoms with Gasteiger partial charge in [-0.1, -0.05) is 24.3 Å². The van der Waals surface area contributed by atoms with Crippen LogP contribution in [0.3, 0.4) is 0 Å². The molecule has 2 heterocycles. The Morgan fingerprint density at radius 1 is 0.633 bits per heavy atom. The van der Waals surface area contributed by atoms with Crippen LogP contribution < -0.4 is 0 Å². The van der Waals surface area contributed by atoms with Gasteiger partial charge < -0.3 is 9.13 Å². The molecule has 0 aliphatic rings. The Labute approximate surface area is 173 Å². The average molecular weight is 413 g/mol. The molecule has 0 saturated heterocycles. The summed E-state index contributed by atoms with van der Waals surface area (Å²) in [7, 11) is 0.601. The van der Waals surface area contributed by atoms with E-state index in [0.29, 0.717) is 5.03 Å². The summed E-state index contributed by atoms with van der Waals surface area (Å²) in [6, 6.07) is 21.3. The number of rotatable bonds is 1. The van der Waals surface area contributed by atoms with Crippen LogP contribution in [0.4, 0.5) is 0 Å². The fraction of sp³-hybridized carbons (Fsp3) is 0.120. The van der Waals surface area contributed by atoms with E-state index >= 15 is 0 Å². The van der Waals surface area contributed by atoms with Crippen molar-refractivity contribution in [1.29, 1.82) is 0 Å². The van der Waals surface area contributed by atoms with Crippen LogP contribution in [0.1, 0.15) is 0 Å². The van der Waals surface area contributed by atoms with Gasteiger partial charge in [-0.15, -0.1) is 0 Å². The minimum absolute atomic E-state index is 0.341. The van der Waals surface area contributed by atoms with Crippen molar-refractivity contribution in [3.8, 4) is 0 Å². The Balaban J connectivity index is 1.75. The maximum atomic E-state index is 12.2. The minimum Gasteiger partial charge on any atom is -0.351 e. The number of hydrogen-bond donors (Lipinski definition) is 0. The van der Waals surface area contributed by atoms with Gasteiger partial charge in [0.15, 0.2) is 9.84 Å². The quantitative estimate of drug-likeness (QED) is 0.333. The lowest BCUT2D eigenvalue weighted by Gasteiger charge is -2.10. The van der Waals surface area contributed by atoms with Gasteiger partial charge in [-0.3, -0.25) is 0 Å². The number of benzene rings is 4. The second-order valence-corrected chi connectivity index (χ2v) is 10.2. The standard InChI is InChI=1S/C25H20N2O2S/c1-26-9-8-17-10-15-4-6-20-19(21(15)13-23(17)26)7-5-16-11-18-12-25(30(3,28)29)27(2)24(18)14-22(16)20/h4-14H,1-3H3. The van der Waals surface area contributed by atoms with Crippen LogP contribution in [-0.2, 0) is 23.9 Å². The van der Waals surface area contributed by atoms with Crippen LogP contribution in [0.5, 0.6) is 0 Å². The molecule has 0 fully saturated rings. The van der Waals surface area contributed by atoms with Crippen LogP contribution >= 0.6 is 0 Å². The van der Waals surface area contributed by atoms with Gasteiger partial charge in [-0.2, -0.15) is 0 Å². The molecular formula is C25H20N2O2S. The summed E-state index contributed by atoms with van der Waals surface area (Å²) >= 11 is 0.